The summed E-state index contributed by atoms with van der Waals surface area (Å²) in [5.41, 5.74) is 6.64. The first-order valence-electron chi connectivity index (χ1n) is 4.82. The molecule has 0 bridgehead atoms. The zero-order valence-corrected chi connectivity index (χ0v) is 9.41. The Morgan fingerprint density at radius 2 is 2.07 bits per heavy atom. The van der Waals surface area contributed by atoms with Crippen LogP contribution in [0.15, 0.2) is 29.4 Å². The number of nitrogens with zero attached hydrogens (tertiary/aromatic N) is 1. The number of halogens is 1. The fourth-order valence-electron chi connectivity index (χ4n) is 1.49. The molecule has 1 aromatic carbocycles. The monoisotopic (exact) mass is 226 g/mol. The van der Waals surface area contributed by atoms with Crippen LogP contribution in [0.1, 0.15) is 18.9 Å². The van der Waals surface area contributed by atoms with Crippen LogP contribution in [0.4, 0.5) is 0 Å². The van der Waals surface area contributed by atoms with E-state index in [1.165, 1.54) is 5.56 Å². The van der Waals surface area contributed by atoms with Crippen LogP contribution in [0, 0.1) is 5.92 Å². The summed E-state index contributed by atoms with van der Waals surface area (Å²) in [6, 6.07) is 7.72. The average Bonchev–Trinajstić information content (AvgIpc) is 2.21. The Balaban J connectivity index is 2.51. The Morgan fingerprint density at radius 3 is 2.60 bits per heavy atom. The van der Waals surface area contributed by atoms with Gasteiger partial charge in [0, 0.05) is 11.4 Å². The predicted molar refractivity (Wildman–Crippen MR) is 62.3 cm³/mol. The van der Waals surface area contributed by atoms with Gasteiger partial charge in [-0.3, -0.25) is 0 Å². The van der Waals surface area contributed by atoms with Gasteiger partial charge < -0.3 is 10.9 Å². The highest BCUT2D eigenvalue weighted by atomic mass is 35.5. The van der Waals surface area contributed by atoms with Crippen molar-refractivity contribution in [3.05, 3.63) is 34.9 Å². The lowest BCUT2D eigenvalue weighted by Gasteiger charge is -2.10. The second-order valence-electron chi connectivity index (χ2n) is 3.73. The van der Waals surface area contributed by atoms with Crippen LogP contribution in [-0.4, -0.2) is 11.0 Å². The van der Waals surface area contributed by atoms with Crippen molar-refractivity contribution < 1.29 is 5.21 Å². The summed E-state index contributed by atoms with van der Waals surface area (Å²) in [5, 5.41) is 12.1. The highest BCUT2D eigenvalue weighted by molar-refractivity contribution is 6.30. The third-order valence-electron chi connectivity index (χ3n) is 2.18. The molecule has 3 N–H and O–H groups in total. The third-order valence-corrected chi connectivity index (χ3v) is 2.44. The van der Waals surface area contributed by atoms with Crippen molar-refractivity contribution in [2.24, 2.45) is 16.8 Å². The summed E-state index contributed by atoms with van der Waals surface area (Å²) in [5.74, 6) is 0.624. The van der Waals surface area contributed by atoms with Crippen molar-refractivity contribution in [2.75, 3.05) is 0 Å². The van der Waals surface area contributed by atoms with Gasteiger partial charge in [0.25, 0.3) is 0 Å². The van der Waals surface area contributed by atoms with Crippen LogP contribution in [0.25, 0.3) is 0 Å². The molecule has 1 atom stereocenters. The zero-order chi connectivity index (χ0) is 11.3. The molecule has 0 amide bonds. The highest BCUT2D eigenvalue weighted by Crippen LogP contribution is 2.14. The molecule has 0 radical (unpaired) electrons. The van der Waals surface area contributed by atoms with E-state index >= 15 is 0 Å². The summed E-state index contributed by atoms with van der Waals surface area (Å²) in [4.78, 5) is 0. The molecule has 15 heavy (non-hydrogen) atoms. The average molecular weight is 227 g/mol. The predicted octanol–water partition coefficient (Wildman–Crippen LogP) is 2.66. The Kier molecular flexibility index (Phi) is 4.43. The molecule has 0 spiro atoms. The van der Waals surface area contributed by atoms with Crippen molar-refractivity contribution in [1.29, 1.82) is 0 Å². The van der Waals surface area contributed by atoms with Gasteiger partial charge in [-0.25, -0.2) is 0 Å². The summed E-state index contributed by atoms with van der Waals surface area (Å²) in [7, 11) is 0. The minimum Gasteiger partial charge on any atom is -0.409 e. The molecule has 0 fully saturated rings. The Morgan fingerprint density at radius 1 is 1.47 bits per heavy atom. The van der Waals surface area contributed by atoms with Crippen molar-refractivity contribution in [3.8, 4) is 0 Å². The molecule has 0 aliphatic rings. The Labute approximate surface area is 94.5 Å². The van der Waals surface area contributed by atoms with E-state index in [2.05, 4.69) is 12.1 Å². The van der Waals surface area contributed by atoms with E-state index < -0.39 is 0 Å². The number of nitrogens with two attached hydrogens (primary N) is 1. The number of rotatable bonds is 4. The second kappa shape index (κ2) is 5.61. The van der Waals surface area contributed by atoms with Gasteiger partial charge in [-0.05, 0) is 30.0 Å². The summed E-state index contributed by atoms with van der Waals surface area (Å²) < 4.78 is 0. The molecule has 3 nitrogen and oxygen atoms in total. The normalized spacial score (nSPS) is 13.9. The number of hydrogen-bond acceptors (Lipinski definition) is 2. The topological polar surface area (TPSA) is 58.6 Å². The van der Waals surface area contributed by atoms with E-state index in [4.69, 9.17) is 22.5 Å². The molecular weight excluding hydrogens is 212 g/mol. The molecule has 1 rings (SSSR count). The molecule has 0 heterocycles. The molecule has 0 aliphatic carbocycles. The largest absolute Gasteiger partial charge is 0.409 e. The molecule has 0 saturated heterocycles. The highest BCUT2D eigenvalue weighted by Gasteiger charge is 2.06. The standard InChI is InChI=1S/C11H15ClN2O/c1-8(7-11(13)14-15)6-9-2-4-10(12)5-3-9/h2-5,8,15H,6-7H2,1H3,(H2,13,14)/t8-/m0/s1. The summed E-state index contributed by atoms with van der Waals surface area (Å²) >= 11 is 5.78. The first-order chi connectivity index (χ1) is 7.11. The van der Waals surface area contributed by atoms with Crippen LogP contribution in [0.2, 0.25) is 5.02 Å². The quantitative estimate of drug-likeness (QED) is 0.359. The van der Waals surface area contributed by atoms with Gasteiger partial charge in [0.2, 0.25) is 0 Å². The number of hydrogen-bond donors (Lipinski definition) is 2. The Hall–Kier alpha value is -1.22. The maximum atomic E-state index is 8.43. The molecule has 0 unspecified atom stereocenters. The van der Waals surface area contributed by atoms with Gasteiger partial charge in [0.1, 0.15) is 5.84 Å². The molecule has 0 saturated carbocycles. The molecule has 82 valence electrons. The maximum absolute atomic E-state index is 8.43. The van der Waals surface area contributed by atoms with Crippen molar-refractivity contribution in [3.63, 3.8) is 0 Å². The fourth-order valence-corrected chi connectivity index (χ4v) is 1.62. The van der Waals surface area contributed by atoms with Crippen molar-refractivity contribution in [1.82, 2.24) is 0 Å². The lowest BCUT2D eigenvalue weighted by atomic mass is 9.98. The van der Waals surface area contributed by atoms with E-state index in [9.17, 15) is 0 Å². The van der Waals surface area contributed by atoms with Gasteiger partial charge in [0.15, 0.2) is 0 Å². The fraction of sp³-hybridized carbons (Fsp3) is 0.364. The maximum Gasteiger partial charge on any atom is 0.139 e. The molecule has 0 aliphatic heterocycles. The van der Waals surface area contributed by atoms with E-state index in [1.807, 2.05) is 24.3 Å². The molecular formula is C11H15ClN2O. The van der Waals surface area contributed by atoms with Gasteiger partial charge in [-0.2, -0.15) is 0 Å². The second-order valence-corrected chi connectivity index (χ2v) is 4.17. The summed E-state index contributed by atoms with van der Waals surface area (Å²) in [6.07, 6.45) is 1.49. The van der Waals surface area contributed by atoms with Gasteiger partial charge in [-0.15, -0.1) is 0 Å². The van der Waals surface area contributed by atoms with Crippen molar-refractivity contribution >= 4 is 17.4 Å². The third kappa shape index (κ3) is 4.21. The van der Waals surface area contributed by atoms with Crippen LogP contribution in [0.5, 0.6) is 0 Å². The van der Waals surface area contributed by atoms with Gasteiger partial charge in [-0.1, -0.05) is 35.8 Å². The molecule has 0 aromatic heterocycles. The van der Waals surface area contributed by atoms with Crippen LogP contribution < -0.4 is 5.73 Å². The number of benzene rings is 1. The van der Waals surface area contributed by atoms with E-state index in [1.54, 1.807) is 0 Å². The lowest BCUT2D eigenvalue weighted by Crippen LogP contribution is -2.16. The number of amidine groups is 1. The summed E-state index contributed by atoms with van der Waals surface area (Å²) in [6.45, 7) is 2.06. The minimum atomic E-state index is 0.275. The first kappa shape index (κ1) is 11.9. The van der Waals surface area contributed by atoms with Crippen LogP contribution >= 0.6 is 11.6 Å². The van der Waals surface area contributed by atoms with Crippen molar-refractivity contribution in [2.45, 2.75) is 19.8 Å². The van der Waals surface area contributed by atoms with E-state index in [0.717, 1.165) is 11.4 Å². The van der Waals surface area contributed by atoms with Gasteiger partial charge in [0.05, 0.1) is 0 Å². The van der Waals surface area contributed by atoms with Crippen LogP contribution in [0.3, 0.4) is 0 Å². The lowest BCUT2D eigenvalue weighted by molar-refractivity contribution is 0.315. The smallest absolute Gasteiger partial charge is 0.139 e. The first-order valence-corrected chi connectivity index (χ1v) is 5.20. The minimum absolute atomic E-state index is 0.275. The number of oxime groups is 1. The zero-order valence-electron chi connectivity index (χ0n) is 8.65. The van der Waals surface area contributed by atoms with Gasteiger partial charge >= 0.3 is 0 Å². The van der Waals surface area contributed by atoms with Crippen LogP contribution in [-0.2, 0) is 6.42 Å². The molecule has 4 heteroatoms. The Bertz CT molecular complexity index is 335. The van der Waals surface area contributed by atoms with E-state index in [0.29, 0.717) is 12.3 Å². The molecule has 1 aromatic rings. The SMILES string of the molecule is C[C@H](C/C(N)=N/O)Cc1ccc(Cl)cc1. The van der Waals surface area contributed by atoms with E-state index in [-0.39, 0.29) is 5.84 Å².